The van der Waals surface area contributed by atoms with Crippen molar-refractivity contribution in [1.82, 2.24) is 5.43 Å². The second kappa shape index (κ2) is 9.98. The highest BCUT2D eigenvalue weighted by Crippen LogP contribution is 2.09. The van der Waals surface area contributed by atoms with Crippen LogP contribution in [0.15, 0.2) is 34.5 Å². The van der Waals surface area contributed by atoms with Crippen LogP contribution in [0.5, 0.6) is 0 Å². The topological polar surface area (TPSA) is 115 Å². The molecule has 1 amide bonds. The van der Waals surface area contributed by atoms with Crippen LogP contribution in [0.2, 0.25) is 0 Å². The van der Waals surface area contributed by atoms with Crippen molar-refractivity contribution < 1.29 is 19.1 Å². The summed E-state index contributed by atoms with van der Waals surface area (Å²) in [6.07, 6.45) is -0.610. The molecule has 0 aliphatic rings. The van der Waals surface area contributed by atoms with E-state index < -0.39 is 6.09 Å². The highest BCUT2D eigenvalue weighted by Gasteiger charge is 2.11. The highest BCUT2D eigenvalue weighted by molar-refractivity contribution is 6.09. The van der Waals surface area contributed by atoms with Gasteiger partial charge in [-0.1, -0.05) is 24.3 Å². The zero-order valence-corrected chi connectivity index (χ0v) is 14.0. The largest absolute Gasteiger partial charge is 0.466 e. The van der Waals surface area contributed by atoms with Crippen LogP contribution in [0, 0.1) is 0 Å². The van der Waals surface area contributed by atoms with Gasteiger partial charge in [-0.25, -0.2) is 10.2 Å². The quantitative estimate of drug-likeness (QED) is 0.341. The summed E-state index contributed by atoms with van der Waals surface area (Å²) >= 11 is 0. The van der Waals surface area contributed by atoms with Crippen LogP contribution in [0.1, 0.15) is 38.3 Å². The maximum Gasteiger partial charge on any atom is 0.427 e. The number of hydrogen-bond acceptors (Lipinski definition) is 7. The van der Waals surface area contributed by atoms with E-state index in [4.69, 9.17) is 15.3 Å². The lowest BCUT2D eigenvalue weighted by molar-refractivity contribution is -0.141. The van der Waals surface area contributed by atoms with Gasteiger partial charge < -0.3 is 15.3 Å². The zero-order chi connectivity index (χ0) is 17.9. The minimum Gasteiger partial charge on any atom is -0.466 e. The number of nitrogens with one attached hydrogen (secondary N) is 1. The first-order valence-electron chi connectivity index (χ1n) is 7.52. The Labute approximate surface area is 140 Å². The molecule has 0 saturated heterocycles. The van der Waals surface area contributed by atoms with Gasteiger partial charge in [-0.05, 0) is 31.9 Å². The van der Waals surface area contributed by atoms with Crippen LogP contribution in [0.3, 0.4) is 0 Å². The summed E-state index contributed by atoms with van der Waals surface area (Å²) in [7, 11) is 0. The predicted molar refractivity (Wildman–Crippen MR) is 90.8 cm³/mol. The summed E-state index contributed by atoms with van der Waals surface area (Å²) in [5.41, 5.74) is 4.83. The van der Waals surface area contributed by atoms with E-state index >= 15 is 0 Å². The van der Waals surface area contributed by atoms with Gasteiger partial charge in [0.2, 0.25) is 0 Å². The van der Waals surface area contributed by atoms with Crippen molar-refractivity contribution in [2.45, 2.75) is 27.2 Å². The lowest BCUT2D eigenvalue weighted by Crippen LogP contribution is -2.20. The molecule has 1 aromatic rings. The zero-order valence-electron chi connectivity index (χ0n) is 14.0. The first-order valence-corrected chi connectivity index (χ1v) is 7.52. The third-order valence-corrected chi connectivity index (χ3v) is 3.00. The Morgan fingerprint density at radius 3 is 2.21 bits per heavy atom. The molecule has 0 aliphatic heterocycles. The number of ether oxygens (including phenoxy) is 2. The highest BCUT2D eigenvalue weighted by atomic mass is 16.5. The number of rotatable bonds is 7. The van der Waals surface area contributed by atoms with E-state index in [0.29, 0.717) is 23.6 Å². The molecule has 8 heteroatoms. The average molecular weight is 334 g/mol. The second-order valence-electron chi connectivity index (χ2n) is 4.66. The molecular formula is C16H22N4O4. The van der Waals surface area contributed by atoms with E-state index in [9.17, 15) is 9.59 Å². The third kappa shape index (κ3) is 6.07. The van der Waals surface area contributed by atoms with Gasteiger partial charge in [0.15, 0.2) is 0 Å². The van der Waals surface area contributed by atoms with Crippen molar-refractivity contribution >= 4 is 23.5 Å². The second-order valence-corrected chi connectivity index (χ2v) is 4.66. The smallest absolute Gasteiger partial charge is 0.427 e. The number of hydrogen-bond donors (Lipinski definition) is 2. The third-order valence-electron chi connectivity index (χ3n) is 3.00. The molecule has 0 aliphatic carbocycles. The first kappa shape index (κ1) is 19.1. The lowest BCUT2D eigenvalue weighted by atomic mass is 10.0. The molecule has 1 rings (SSSR count). The van der Waals surface area contributed by atoms with Gasteiger partial charge in [0.05, 0.1) is 31.1 Å². The minimum atomic E-state index is -0.611. The van der Waals surface area contributed by atoms with Gasteiger partial charge >= 0.3 is 12.1 Å². The number of hydrazone groups is 2. The summed E-state index contributed by atoms with van der Waals surface area (Å²) in [5, 5.41) is 7.59. The lowest BCUT2D eigenvalue weighted by Gasteiger charge is -2.07. The number of nitrogens with two attached hydrogens (primary N) is 1. The summed E-state index contributed by atoms with van der Waals surface area (Å²) in [6.45, 7) is 5.77. The molecule has 0 atom stereocenters. The van der Waals surface area contributed by atoms with Gasteiger partial charge in [0.25, 0.3) is 0 Å². The number of amides is 1. The molecule has 0 unspecified atom stereocenters. The van der Waals surface area contributed by atoms with Crippen LogP contribution in [0.25, 0.3) is 0 Å². The van der Waals surface area contributed by atoms with Crippen molar-refractivity contribution in [3.63, 3.8) is 0 Å². The van der Waals surface area contributed by atoms with E-state index in [1.54, 1.807) is 45.0 Å². The Hall–Kier alpha value is -2.90. The molecule has 130 valence electrons. The fraction of sp³-hybridized carbons (Fsp3) is 0.375. The van der Waals surface area contributed by atoms with Crippen molar-refractivity contribution in [1.29, 1.82) is 0 Å². The number of nitrogens with zero attached hydrogens (tertiary/aromatic N) is 2. The van der Waals surface area contributed by atoms with Gasteiger partial charge in [-0.3, -0.25) is 4.79 Å². The average Bonchev–Trinajstić information content (AvgIpc) is 2.58. The van der Waals surface area contributed by atoms with Crippen LogP contribution >= 0.6 is 0 Å². The predicted octanol–water partition coefficient (Wildman–Crippen LogP) is 1.77. The minimum absolute atomic E-state index is 0.00116. The molecule has 0 fully saturated rings. The fourth-order valence-electron chi connectivity index (χ4n) is 1.83. The number of benzene rings is 1. The van der Waals surface area contributed by atoms with E-state index in [1.165, 1.54) is 0 Å². The van der Waals surface area contributed by atoms with Crippen LogP contribution in [0.4, 0.5) is 4.79 Å². The number of carbonyl (C=O) groups excluding carboxylic acids is 2. The summed E-state index contributed by atoms with van der Waals surface area (Å²) < 4.78 is 9.60. The molecule has 0 heterocycles. The fourth-order valence-corrected chi connectivity index (χ4v) is 1.83. The standard InChI is InChI=1S/C16H22N4O4/c1-4-23-15(21)10-14(18-17)13-8-6-12(7-9-13)11(3)19-20-16(22)24-5-2/h6-9H,4-5,10,17H2,1-3H3,(H,20,22)/b18-14-,19-11-. The number of esters is 1. The van der Waals surface area contributed by atoms with Gasteiger partial charge in [-0.15, -0.1) is 0 Å². The van der Waals surface area contributed by atoms with E-state index in [-0.39, 0.29) is 19.0 Å². The maximum absolute atomic E-state index is 11.5. The molecule has 0 saturated carbocycles. The molecule has 8 nitrogen and oxygen atoms in total. The van der Waals surface area contributed by atoms with Crippen molar-refractivity contribution in [3.8, 4) is 0 Å². The Bertz CT molecular complexity index is 623. The molecule has 0 spiro atoms. The maximum atomic E-state index is 11.5. The Kier molecular flexibility index (Phi) is 7.97. The van der Waals surface area contributed by atoms with Gasteiger partial charge in [0.1, 0.15) is 0 Å². The Morgan fingerprint density at radius 2 is 1.67 bits per heavy atom. The van der Waals surface area contributed by atoms with Crippen molar-refractivity contribution in [3.05, 3.63) is 35.4 Å². The van der Waals surface area contributed by atoms with E-state index in [0.717, 1.165) is 5.56 Å². The molecule has 0 radical (unpaired) electrons. The van der Waals surface area contributed by atoms with Crippen LogP contribution in [-0.2, 0) is 14.3 Å². The van der Waals surface area contributed by atoms with E-state index in [2.05, 4.69) is 15.6 Å². The van der Waals surface area contributed by atoms with Gasteiger partial charge in [0, 0.05) is 0 Å². The monoisotopic (exact) mass is 334 g/mol. The normalized spacial score (nSPS) is 11.8. The Morgan fingerprint density at radius 1 is 1.08 bits per heavy atom. The SMILES string of the molecule is CCOC(=O)C/C(=N/N)c1ccc(/C(C)=N\NC(=O)OCC)cc1. The summed E-state index contributed by atoms with van der Waals surface area (Å²) in [4.78, 5) is 22.7. The summed E-state index contributed by atoms with van der Waals surface area (Å²) in [5.74, 6) is 4.96. The molecule has 1 aromatic carbocycles. The first-order chi connectivity index (χ1) is 11.5. The van der Waals surface area contributed by atoms with Crippen LogP contribution in [-0.4, -0.2) is 36.7 Å². The molecule has 24 heavy (non-hydrogen) atoms. The molecule has 0 bridgehead atoms. The van der Waals surface area contributed by atoms with E-state index in [1.807, 2.05) is 0 Å². The van der Waals surface area contributed by atoms with Gasteiger partial charge in [-0.2, -0.15) is 10.2 Å². The van der Waals surface area contributed by atoms with Crippen molar-refractivity contribution in [2.24, 2.45) is 16.0 Å². The van der Waals surface area contributed by atoms with Crippen LogP contribution < -0.4 is 11.3 Å². The number of carbonyl (C=O) groups is 2. The summed E-state index contributed by atoms with van der Waals surface area (Å²) in [6, 6.07) is 7.11. The molecule has 0 aromatic heterocycles. The molecular weight excluding hydrogens is 312 g/mol. The molecule has 3 N–H and O–H groups in total. The Balaban J connectivity index is 2.78. The van der Waals surface area contributed by atoms with Crippen molar-refractivity contribution in [2.75, 3.05) is 13.2 Å².